The van der Waals surface area contributed by atoms with Crippen LogP contribution in [0, 0.1) is 10.6 Å². The average molecular weight is 332 g/mol. The number of aromatic nitrogens is 1. The van der Waals surface area contributed by atoms with Gasteiger partial charge in [-0.3, -0.25) is 4.79 Å². The predicted octanol–water partition coefficient (Wildman–Crippen LogP) is 2.91. The molecule has 1 spiro atoms. The van der Waals surface area contributed by atoms with Gasteiger partial charge in [-0.15, -0.1) is 0 Å². The molecule has 1 aromatic rings. The zero-order chi connectivity index (χ0) is 17.2. The van der Waals surface area contributed by atoms with Gasteiger partial charge in [-0.1, -0.05) is 19.8 Å². The molecule has 1 heterocycles. The molecule has 0 N–H and O–H groups in total. The van der Waals surface area contributed by atoms with E-state index in [2.05, 4.69) is 6.92 Å². The first-order chi connectivity index (χ1) is 11.6. The zero-order valence-corrected chi connectivity index (χ0v) is 14.7. The van der Waals surface area contributed by atoms with E-state index in [1.807, 2.05) is 11.8 Å². The minimum absolute atomic E-state index is 0.101. The van der Waals surface area contributed by atoms with Crippen LogP contribution in [0.2, 0.25) is 0 Å². The van der Waals surface area contributed by atoms with Crippen LogP contribution in [-0.2, 0) is 4.74 Å². The van der Waals surface area contributed by atoms with Gasteiger partial charge in [0.15, 0.2) is 6.20 Å². The lowest BCUT2D eigenvalue weighted by Crippen LogP contribution is -2.65. The Balaban J connectivity index is 1.86. The van der Waals surface area contributed by atoms with Gasteiger partial charge < -0.3 is 14.8 Å². The van der Waals surface area contributed by atoms with Gasteiger partial charge in [0.1, 0.15) is 0 Å². The van der Waals surface area contributed by atoms with Gasteiger partial charge in [0.2, 0.25) is 0 Å². The Labute approximate surface area is 144 Å². The van der Waals surface area contributed by atoms with E-state index in [0.29, 0.717) is 11.3 Å². The van der Waals surface area contributed by atoms with Crippen LogP contribution in [0.5, 0.6) is 0 Å². The fourth-order valence-corrected chi connectivity index (χ4v) is 4.67. The van der Waals surface area contributed by atoms with Gasteiger partial charge in [-0.05, 0) is 38.7 Å². The summed E-state index contributed by atoms with van der Waals surface area (Å²) in [6.45, 7) is 5.53. The van der Waals surface area contributed by atoms with Crippen LogP contribution in [0.1, 0.15) is 62.9 Å². The number of hydrogen-bond donors (Lipinski definition) is 0. The Bertz CT molecular complexity index is 584. The molecule has 132 valence electrons. The number of carbonyl (C=O) groups excluding carboxylic acids is 1. The van der Waals surface area contributed by atoms with Crippen molar-refractivity contribution in [2.75, 3.05) is 13.2 Å². The van der Waals surface area contributed by atoms with Crippen molar-refractivity contribution in [2.24, 2.45) is 5.41 Å². The Hall–Kier alpha value is -1.62. The highest BCUT2D eigenvalue weighted by atomic mass is 16.5. The first kappa shape index (κ1) is 17.2. The van der Waals surface area contributed by atoms with E-state index in [-0.39, 0.29) is 29.2 Å². The summed E-state index contributed by atoms with van der Waals surface area (Å²) >= 11 is 0. The highest BCUT2D eigenvalue weighted by molar-refractivity contribution is 5.91. The summed E-state index contributed by atoms with van der Waals surface area (Å²) < 4.78 is 6.66. The number of amides is 1. The topological polar surface area (TPSA) is 56.5 Å². The van der Waals surface area contributed by atoms with Crippen LogP contribution < -0.4 is 4.73 Å². The van der Waals surface area contributed by atoms with Gasteiger partial charge >= 0.3 is 5.91 Å². The molecular weight excluding hydrogens is 304 g/mol. The van der Waals surface area contributed by atoms with Crippen LogP contribution in [0.25, 0.3) is 0 Å². The van der Waals surface area contributed by atoms with Crippen molar-refractivity contribution in [1.29, 1.82) is 0 Å². The Morgan fingerprint density at radius 1 is 1.38 bits per heavy atom. The number of ether oxygens (including phenoxy) is 1. The molecule has 0 radical (unpaired) electrons. The molecule has 5 heteroatoms. The van der Waals surface area contributed by atoms with Gasteiger partial charge in [-0.2, -0.15) is 4.73 Å². The molecule has 0 unspecified atom stereocenters. The van der Waals surface area contributed by atoms with Gasteiger partial charge in [0, 0.05) is 36.7 Å². The van der Waals surface area contributed by atoms with E-state index in [4.69, 9.17) is 4.74 Å². The second-order valence-corrected chi connectivity index (χ2v) is 7.05. The maximum absolute atomic E-state index is 13.1. The van der Waals surface area contributed by atoms with Crippen LogP contribution in [0.15, 0.2) is 24.4 Å². The first-order valence-corrected chi connectivity index (χ1v) is 9.24. The molecule has 3 rings (SSSR count). The molecular formula is C19H28N2O3. The second kappa shape index (κ2) is 7.09. The van der Waals surface area contributed by atoms with Gasteiger partial charge in [0.25, 0.3) is 5.69 Å². The number of rotatable bonds is 6. The highest BCUT2D eigenvalue weighted by Crippen LogP contribution is 2.56. The van der Waals surface area contributed by atoms with E-state index in [0.717, 1.165) is 32.3 Å². The van der Waals surface area contributed by atoms with Gasteiger partial charge in [0.05, 0.1) is 6.10 Å². The molecule has 5 nitrogen and oxygen atoms in total. The summed E-state index contributed by atoms with van der Waals surface area (Å²) in [6.07, 6.45) is 8.12. The third-order valence-corrected chi connectivity index (χ3v) is 5.79. The summed E-state index contributed by atoms with van der Waals surface area (Å²) in [7, 11) is 0. The van der Waals surface area contributed by atoms with Gasteiger partial charge in [-0.25, -0.2) is 0 Å². The first-order valence-electron chi connectivity index (χ1n) is 9.24. The summed E-state index contributed by atoms with van der Waals surface area (Å²) in [5.41, 5.74) is 0.322. The summed E-state index contributed by atoms with van der Waals surface area (Å²) in [4.78, 5) is 15.0. The summed E-state index contributed by atoms with van der Waals surface area (Å²) in [6, 6.07) is 5.23. The predicted molar refractivity (Wildman–Crippen MR) is 91.4 cm³/mol. The van der Waals surface area contributed by atoms with Crippen molar-refractivity contribution in [1.82, 2.24) is 4.90 Å². The van der Waals surface area contributed by atoms with Crippen molar-refractivity contribution in [2.45, 2.75) is 64.5 Å². The maximum Gasteiger partial charge on any atom is 0.320 e. The lowest BCUT2D eigenvalue weighted by molar-refractivity contribution is -0.608. The molecule has 2 fully saturated rings. The fraction of sp³-hybridized carbons (Fsp3) is 0.684. The SMILES string of the molecule is CCCN(C(=O)c1cccc[n+]1[O-])[C@H]1C[C@H](OCC)C12CCCC2. The number of carbonyl (C=O) groups is 1. The lowest BCUT2D eigenvalue weighted by atomic mass is 9.59. The van der Waals surface area contributed by atoms with Crippen molar-refractivity contribution in [3.8, 4) is 0 Å². The lowest BCUT2D eigenvalue weighted by Gasteiger charge is -2.57. The number of hydrogen-bond acceptors (Lipinski definition) is 3. The molecule has 2 aliphatic carbocycles. The molecule has 2 atom stereocenters. The smallest absolute Gasteiger partial charge is 0.320 e. The van der Waals surface area contributed by atoms with E-state index >= 15 is 0 Å². The van der Waals surface area contributed by atoms with Crippen LogP contribution in [0.4, 0.5) is 0 Å². The normalized spacial score (nSPS) is 24.8. The number of nitrogens with zero attached hydrogens (tertiary/aromatic N) is 2. The van der Waals surface area contributed by atoms with Crippen molar-refractivity contribution >= 4 is 5.91 Å². The minimum atomic E-state index is -0.140. The fourth-order valence-electron chi connectivity index (χ4n) is 4.67. The Morgan fingerprint density at radius 3 is 2.75 bits per heavy atom. The zero-order valence-electron chi connectivity index (χ0n) is 14.7. The van der Waals surface area contributed by atoms with Crippen LogP contribution >= 0.6 is 0 Å². The summed E-state index contributed by atoms with van der Waals surface area (Å²) in [5.74, 6) is -0.140. The third kappa shape index (κ3) is 2.79. The molecule has 0 saturated heterocycles. The van der Waals surface area contributed by atoms with Crippen molar-refractivity contribution in [3.05, 3.63) is 35.3 Å². The van der Waals surface area contributed by atoms with Crippen LogP contribution in [-0.4, -0.2) is 36.1 Å². The molecule has 0 aromatic carbocycles. The molecule has 2 saturated carbocycles. The molecule has 24 heavy (non-hydrogen) atoms. The monoisotopic (exact) mass is 332 g/mol. The standard InChI is InChI=1S/C19H28N2O3/c1-3-12-20(18(22)15-9-5-8-13-21(15)23)16-14-17(24-4-2)19(16)10-6-7-11-19/h5,8-9,13,16-17H,3-4,6-7,10-12,14H2,1-2H3/t16-,17-/m0/s1. The van der Waals surface area contributed by atoms with E-state index < -0.39 is 0 Å². The van der Waals surface area contributed by atoms with Crippen LogP contribution in [0.3, 0.4) is 0 Å². The molecule has 1 amide bonds. The Kier molecular flexibility index (Phi) is 5.09. The number of pyridine rings is 1. The molecule has 2 aliphatic rings. The van der Waals surface area contributed by atoms with Crippen molar-refractivity contribution in [3.63, 3.8) is 0 Å². The quantitative estimate of drug-likeness (QED) is 0.594. The highest BCUT2D eigenvalue weighted by Gasteiger charge is 2.59. The molecule has 1 aromatic heterocycles. The Morgan fingerprint density at radius 2 is 2.12 bits per heavy atom. The van der Waals surface area contributed by atoms with Crippen molar-refractivity contribution < 1.29 is 14.3 Å². The van der Waals surface area contributed by atoms with E-state index in [1.165, 1.54) is 19.0 Å². The van der Waals surface area contributed by atoms with E-state index in [9.17, 15) is 10.0 Å². The minimum Gasteiger partial charge on any atom is -0.618 e. The molecule has 0 bridgehead atoms. The molecule has 0 aliphatic heterocycles. The maximum atomic E-state index is 13.1. The average Bonchev–Trinajstić information content (AvgIpc) is 3.09. The largest absolute Gasteiger partial charge is 0.618 e. The summed E-state index contributed by atoms with van der Waals surface area (Å²) in [5, 5.41) is 12.0. The second-order valence-electron chi connectivity index (χ2n) is 7.05. The third-order valence-electron chi connectivity index (χ3n) is 5.79. The van der Waals surface area contributed by atoms with E-state index in [1.54, 1.807) is 18.2 Å².